The molecule has 2 heterocycles. The molecule has 0 amide bonds. The minimum Gasteiger partial charge on any atom is -0.337 e. The van der Waals surface area contributed by atoms with Crippen molar-refractivity contribution >= 4 is 17.4 Å². The first-order valence-corrected chi connectivity index (χ1v) is 8.17. The maximum absolute atomic E-state index is 5.15. The van der Waals surface area contributed by atoms with E-state index in [1.165, 1.54) is 0 Å². The highest BCUT2D eigenvalue weighted by Crippen LogP contribution is 2.23. The smallest absolute Gasteiger partial charge is 0.321 e. The highest BCUT2D eigenvalue weighted by Gasteiger charge is 2.09. The summed E-state index contributed by atoms with van der Waals surface area (Å²) in [6, 6.07) is 10.7. The number of hydrogen-bond acceptors (Lipinski definition) is 6. The summed E-state index contributed by atoms with van der Waals surface area (Å²) in [6.45, 7) is 4.79. The summed E-state index contributed by atoms with van der Waals surface area (Å²) in [4.78, 5) is 8.94. The number of anilines is 1. The molecule has 0 aliphatic heterocycles. The fourth-order valence-corrected chi connectivity index (χ4v) is 2.83. The van der Waals surface area contributed by atoms with Crippen molar-refractivity contribution in [3.8, 4) is 10.6 Å². The van der Waals surface area contributed by atoms with Gasteiger partial charge in [0.2, 0.25) is 0 Å². The lowest BCUT2D eigenvalue weighted by Gasteiger charge is -1.98. The van der Waals surface area contributed by atoms with Gasteiger partial charge in [-0.15, -0.1) is 11.3 Å². The minimum atomic E-state index is 0.270. The zero-order chi connectivity index (χ0) is 15.4. The maximum atomic E-state index is 5.15. The highest BCUT2D eigenvalue weighted by molar-refractivity contribution is 7.13. The predicted molar refractivity (Wildman–Crippen MR) is 88.1 cm³/mol. The van der Waals surface area contributed by atoms with E-state index in [0.717, 1.165) is 35.1 Å². The number of thiazole rings is 1. The Balaban J connectivity index is 1.55. The van der Waals surface area contributed by atoms with Gasteiger partial charge in [0.1, 0.15) is 5.01 Å². The third-order valence-corrected chi connectivity index (χ3v) is 4.13. The zero-order valence-electron chi connectivity index (χ0n) is 12.6. The van der Waals surface area contributed by atoms with Gasteiger partial charge in [0.25, 0.3) is 0 Å². The van der Waals surface area contributed by atoms with Gasteiger partial charge in [-0.1, -0.05) is 49.3 Å². The molecule has 0 fully saturated rings. The fourth-order valence-electron chi connectivity index (χ4n) is 1.97. The van der Waals surface area contributed by atoms with Crippen LogP contribution in [0.15, 0.2) is 40.2 Å². The SMILES string of the molecule is CC(C)c1noc(NCCc2csc(-c3ccccc3)n2)n1. The lowest BCUT2D eigenvalue weighted by Crippen LogP contribution is -2.05. The van der Waals surface area contributed by atoms with Crippen molar-refractivity contribution in [3.63, 3.8) is 0 Å². The molecule has 0 atom stereocenters. The van der Waals surface area contributed by atoms with Gasteiger partial charge in [-0.2, -0.15) is 4.98 Å². The Kier molecular flexibility index (Phi) is 4.48. The van der Waals surface area contributed by atoms with Crippen LogP contribution in [0.3, 0.4) is 0 Å². The number of hydrogen-bond donors (Lipinski definition) is 1. The van der Waals surface area contributed by atoms with Gasteiger partial charge in [0, 0.05) is 29.8 Å². The van der Waals surface area contributed by atoms with E-state index in [1.54, 1.807) is 11.3 Å². The van der Waals surface area contributed by atoms with Crippen LogP contribution in [0.1, 0.15) is 31.3 Å². The molecular weight excluding hydrogens is 296 g/mol. The van der Waals surface area contributed by atoms with Crippen LogP contribution in [0.4, 0.5) is 6.01 Å². The molecule has 1 N–H and O–H groups in total. The first-order valence-electron chi connectivity index (χ1n) is 7.29. The van der Waals surface area contributed by atoms with Crippen LogP contribution in [0.25, 0.3) is 10.6 Å². The summed E-state index contributed by atoms with van der Waals surface area (Å²) in [5, 5.41) is 10.2. The quantitative estimate of drug-likeness (QED) is 0.746. The van der Waals surface area contributed by atoms with E-state index in [4.69, 9.17) is 4.52 Å². The molecule has 1 aromatic carbocycles. The van der Waals surface area contributed by atoms with Crippen LogP contribution in [-0.2, 0) is 6.42 Å². The van der Waals surface area contributed by atoms with E-state index < -0.39 is 0 Å². The number of benzene rings is 1. The van der Waals surface area contributed by atoms with Crippen molar-refractivity contribution in [2.75, 3.05) is 11.9 Å². The Morgan fingerprint density at radius 3 is 2.73 bits per heavy atom. The second-order valence-corrected chi connectivity index (χ2v) is 6.16. The first-order chi connectivity index (χ1) is 10.7. The Bertz CT molecular complexity index is 721. The summed E-state index contributed by atoms with van der Waals surface area (Å²) in [6.07, 6.45) is 0.822. The molecule has 22 heavy (non-hydrogen) atoms. The minimum absolute atomic E-state index is 0.270. The molecule has 0 spiro atoms. The van der Waals surface area contributed by atoms with Crippen LogP contribution in [-0.4, -0.2) is 21.7 Å². The lowest BCUT2D eigenvalue weighted by molar-refractivity contribution is 0.419. The third-order valence-electron chi connectivity index (χ3n) is 3.19. The molecule has 0 aliphatic rings. The van der Waals surface area contributed by atoms with E-state index in [9.17, 15) is 0 Å². The second-order valence-electron chi connectivity index (χ2n) is 5.30. The van der Waals surface area contributed by atoms with Gasteiger partial charge < -0.3 is 9.84 Å². The summed E-state index contributed by atoms with van der Waals surface area (Å²) < 4.78 is 5.15. The average molecular weight is 314 g/mol. The molecule has 3 rings (SSSR count). The molecule has 0 unspecified atom stereocenters. The van der Waals surface area contributed by atoms with Crippen molar-refractivity contribution in [3.05, 3.63) is 47.2 Å². The highest BCUT2D eigenvalue weighted by atomic mass is 32.1. The number of nitrogens with zero attached hydrogens (tertiary/aromatic N) is 3. The van der Waals surface area contributed by atoms with Crippen molar-refractivity contribution in [1.29, 1.82) is 0 Å². The van der Waals surface area contributed by atoms with Crippen molar-refractivity contribution in [2.45, 2.75) is 26.2 Å². The number of rotatable bonds is 6. The molecular formula is C16H18N4OS. The van der Waals surface area contributed by atoms with E-state index in [-0.39, 0.29) is 5.92 Å². The molecule has 0 aliphatic carbocycles. The Labute approximate surface area is 133 Å². The van der Waals surface area contributed by atoms with Gasteiger partial charge in [0.15, 0.2) is 5.82 Å². The van der Waals surface area contributed by atoms with E-state index in [0.29, 0.717) is 6.01 Å². The molecule has 5 nitrogen and oxygen atoms in total. The van der Waals surface area contributed by atoms with Crippen molar-refractivity contribution in [1.82, 2.24) is 15.1 Å². The average Bonchev–Trinajstić information content (AvgIpc) is 3.18. The standard InChI is InChI=1S/C16H18N4OS/c1-11(2)14-19-16(21-20-14)17-9-8-13-10-22-15(18-13)12-6-4-3-5-7-12/h3-7,10-11H,8-9H2,1-2H3,(H,17,19,20). The Morgan fingerprint density at radius 1 is 1.18 bits per heavy atom. The van der Waals surface area contributed by atoms with Crippen LogP contribution in [0, 0.1) is 0 Å². The Hall–Kier alpha value is -2.21. The van der Waals surface area contributed by atoms with Gasteiger partial charge >= 0.3 is 6.01 Å². The first kappa shape index (κ1) is 14.7. The lowest BCUT2D eigenvalue weighted by atomic mass is 10.2. The van der Waals surface area contributed by atoms with Gasteiger partial charge in [-0.05, 0) is 0 Å². The molecule has 0 radical (unpaired) electrons. The van der Waals surface area contributed by atoms with Gasteiger partial charge in [0.05, 0.1) is 5.69 Å². The predicted octanol–water partition coefficient (Wildman–Crippen LogP) is 3.97. The molecule has 3 aromatic rings. The van der Waals surface area contributed by atoms with E-state index in [2.05, 4.69) is 38.0 Å². The van der Waals surface area contributed by atoms with Crippen molar-refractivity contribution < 1.29 is 4.52 Å². The van der Waals surface area contributed by atoms with Gasteiger partial charge in [-0.3, -0.25) is 0 Å². The number of aromatic nitrogens is 3. The normalized spacial score (nSPS) is 11.0. The molecule has 114 valence electrons. The maximum Gasteiger partial charge on any atom is 0.321 e. The molecule has 0 saturated carbocycles. The molecule has 6 heteroatoms. The zero-order valence-corrected chi connectivity index (χ0v) is 13.4. The number of nitrogens with one attached hydrogen (secondary N) is 1. The molecule has 0 bridgehead atoms. The van der Waals surface area contributed by atoms with Crippen LogP contribution >= 0.6 is 11.3 Å². The van der Waals surface area contributed by atoms with Crippen LogP contribution in [0.2, 0.25) is 0 Å². The monoisotopic (exact) mass is 314 g/mol. The molecule has 2 aromatic heterocycles. The summed E-state index contributed by atoms with van der Waals surface area (Å²) in [5.74, 6) is 0.994. The second kappa shape index (κ2) is 6.70. The Morgan fingerprint density at radius 2 is 2.00 bits per heavy atom. The summed E-state index contributed by atoms with van der Waals surface area (Å²) in [7, 11) is 0. The van der Waals surface area contributed by atoms with E-state index in [1.807, 2.05) is 32.0 Å². The largest absolute Gasteiger partial charge is 0.337 e. The van der Waals surface area contributed by atoms with Crippen molar-refractivity contribution in [2.24, 2.45) is 0 Å². The van der Waals surface area contributed by atoms with Crippen LogP contribution in [0.5, 0.6) is 0 Å². The summed E-state index contributed by atoms with van der Waals surface area (Å²) in [5.41, 5.74) is 2.23. The summed E-state index contributed by atoms with van der Waals surface area (Å²) >= 11 is 1.67. The third kappa shape index (κ3) is 3.51. The van der Waals surface area contributed by atoms with E-state index >= 15 is 0 Å². The molecule has 0 saturated heterocycles. The van der Waals surface area contributed by atoms with Crippen LogP contribution < -0.4 is 5.32 Å². The fraction of sp³-hybridized carbons (Fsp3) is 0.312. The topological polar surface area (TPSA) is 63.8 Å². The van der Waals surface area contributed by atoms with Gasteiger partial charge in [-0.25, -0.2) is 4.98 Å².